The van der Waals surface area contributed by atoms with Crippen molar-refractivity contribution in [2.45, 2.75) is 82.4 Å². The molecule has 1 amide bonds. The van der Waals surface area contributed by atoms with Gasteiger partial charge >= 0.3 is 0 Å². The summed E-state index contributed by atoms with van der Waals surface area (Å²) in [5, 5.41) is 0. The van der Waals surface area contributed by atoms with Crippen molar-refractivity contribution in [3.8, 4) is 0 Å². The minimum Gasteiger partial charge on any atom is -0.381 e. The third kappa shape index (κ3) is 5.93. The number of amides is 1. The molecule has 1 unspecified atom stereocenters. The van der Waals surface area contributed by atoms with Gasteiger partial charge in [0.25, 0.3) is 0 Å². The predicted octanol–water partition coefficient (Wildman–Crippen LogP) is 2.51. The van der Waals surface area contributed by atoms with Crippen LogP contribution in [0, 0.1) is 0 Å². The standard InChI is InChI=1S/C23H41N3O3/c27-23-22(8-5-11-26(23)20-9-17-28-18-10-20)25-14-12-24(13-15-25)16-19-29-21-6-3-1-2-4-7-21/h20-22H,1-19H2. The summed E-state index contributed by atoms with van der Waals surface area (Å²) < 4.78 is 11.7. The summed E-state index contributed by atoms with van der Waals surface area (Å²) in [5.74, 6) is 0.383. The van der Waals surface area contributed by atoms with Crippen LogP contribution in [0.1, 0.15) is 64.2 Å². The van der Waals surface area contributed by atoms with Gasteiger partial charge in [0.05, 0.1) is 18.8 Å². The quantitative estimate of drug-likeness (QED) is 0.633. The number of ether oxygens (including phenoxy) is 2. The number of rotatable bonds is 6. The van der Waals surface area contributed by atoms with Crippen LogP contribution in [0.25, 0.3) is 0 Å². The van der Waals surface area contributed by atoms with Crippen LogP contribution in [-0.2, 0) is 14.3 Å². The first-order chi connectivity index (χ1) is 14.3. The van der Waals surface area contributed by atoms with Crippen molar-refractivity contribution in [1.29, 1.82) is 0 Å². The number of hydrogen-bond donors (Lipinski definition) is 0. The molecule has 0 aromatic heterocycles. The molecule has 1 atom stereocenters. The highest BCUT2D eigenvalue weighted by Crippen LogP contribution is 2.25. The molecule has 3 heterocycles. The van der Waals surface area contributed by atoms with Gasteiger partial charge in [0, 0.05) is 58.5 Å². The summed E-state index contributed by atoms with van der Waals surface area (Å²) in [4.78, 5) is 20.4. The number of hydrogen-bond acceptors (Lipinski definition) is 5. The Kier molecular flexibility index (Phi) is 8.23. The second kappa shape index (κ2) is 11.1. The van der Waals surface area contributed by atoms with Gasteiger partial charge in [-0.3, -0.25) is 14.6 Å². The molecule has 6 heteroatoms. The van der Waals surface area contributed by atoms with E-state index in [-0.39, 0.29) is 6.04 Å². The summed E-state index contributed by atoms with van der Waals surface area (Å²) in [6.07, 6.45) is 12.6. The Morgan fingerprint density at radius 2 is 1.55 bits per heavy atom. The number of carbonyl (C=O) groups is 1. The van der Waals surface area contributed by atoms with Crippen molar-refractivity contribution in [3.05, 3.63) is 0 Å². The van der Waals surface area contributed by atoms with Crippen molar-refractivity contribution in [1.82, 2.24) is 14.7 Å². The van der Waals surface area contributed by atoms with Crippen LogP contribution in [-0.4, -0.2) is 97.9 Å². The number of carbonyl (C=O) groups excluding carboxylic acids is 1. The minimum absolute atomic E-state index is 0.107. The zero-order chi connectivity index (χ0) is 19.9. The van der Waals surface area contributed by atoms with Gasteiger partial charge in [-0.25, -0.2) is 0 Å². The highest BCUT2D eigenvalue weighted by Gasteiger charge is 2.37. The van der Waals surface area contributed by atoms with Crippen LogP contribution in [0.4, 0.5) is 0 Å². The van der Waals surface area contributed by atoms with Crippen LogP contribution < -0.4 is 0 Å². The van der Waals surface area contributed by atoms with E-state index in [1.54, 1.807) is 0 Å². The summed E-state index contributed by atoms with van der Waals surface area (Å²) in [6, 6.07) is 0.512. The van der Waals surface area contributed by atoms with E-state index >= 15 is 0 Å². The first kappa shape index (κ1) is 21.5. The van der Waals surface area contributed by atoms with Crippen molar-refractivity contribution in [3.63, 3.8) is 0 Å². The smallest absolute Gasteiger partial charge is 0.240 e. The van der Waals surface area contributed by atoms with Gasteiger partial charge in [-0.15, -0.1) is 0 Å². The molecular weight excluding hydrogens is 366 g/mol. The van der Waals surface area contributed by atoms with E-state index in [1.165, 1.54) is 38.5 Å². The van der Waals surface area contributed by atoms with Crippen LogP contribution in [0.3, 0.4) is 0 Å². The number of nitrogens with zero attached hydrogens (tertiary/aromatic N) is 3. The fraction of sp³-hybridized carbons (Fsp3) is 0.957. The minimum atomic E-state index is 0.107. The molecule has 1 aliphatic carbocycles. The molecule has 0 aromatic carbocycles. The maximum Gasteiger partial charge on any atom is 0.240 e. The van der Waals surface area contributed by atoms with Crippen LogP contribution in [0.5, 0.6) is 0 Å². The van der Waals surface area contributed by atoms with E-state index < -0.39 is 0 Å². The Morgan fingerprint density at radius 1 is 0.828 bits per heavy atom. The molecule has 0 spiro atoms. The summed E-state index contributed by atoms with van der Waals surface area (Å²) in [6.45, 7) is 8.62. The first-order valence-electron chi connectivity index (χ1n) is 12.3. The number of piperidine rings is 1. The number of piperazine rings is 1. The zero-order valence-electron chi connectivity index (χ0n) is 18.2. The fourth-order valence-corrected chi connectivity index (χ4v) is 5.63. The molecule has 3 saturated heterocycles. The van der Waals surface area contributed by atoms with E-state index in [4.69, 9.17) is 9.47 Å². The van der Waals surface area contributed by atoms with Gasteiger partial charge in [0.2, 0.25) is 5.91 Å². The Balaban J connectivity index is 1.18. The maximum absolute atomic E-state index is 13.2. The summed E-state index contributed by atoms with van der Waals surface area (Å²) >= 11 is 0. The van der Waals surface area contributed by atoms with Gasteiger partial charge in [-0.1, -0.05) is 25.7 Å². The van der Waals surface area contributed by atoms with E-state index in [0.29, 0.717) is 18.1 Å². The third-order valence-electron chi connectivity index (χ3n) is 7.49. The number of likely N-dealkylation sites (tertiary alicyclic amines) is 1. The molecule has 0 bridgehead atoms. The Bertz CT molecular complexity index is 496. The lowest BCUT2D eigenvalue weighted by Gasteiger charge is -2.45. The largest absolute Gasteiger partial charge is 0.381 e. The monoisotopic (exact) mass is 407 g/mol. The van der Waals surface area contributed by atoms with Crippen molar-refractivity contribution >= 4 is 5.91 Å². The average molecular weight is 408 g/mol. The molecule has 166 valence electrons. The first-order valence-corrected chi connectivity index (χ1v) is 12.3. The fourth-order valence-electron chi connectivity index (χ4n) is 5.63. The van der Waals surface area contributed by atoms with E-state index in [0.717, 1.165) is 84.8 Å². The zero-order valence-corrected chi connectivity index (χ0v) is 18.2. The SMILES string of the molecule is O=C1C(N2CCN(CCOC3CCCCCC3)CC2)CCCN1C1CCOCC1. The van der Waals surface area contributed by atoms with E-state index in [9.17, 15) is 4.79 Å². The molecule has 4 fully saturated rings. The van der Waals surface area contributed by atoms with Crippen molar-refractivity contribution in [2.24, 2.45) is 0 Å². The molecule has 4 aliphatic rings. The predicted molar refractivity (Wildman–Crippen MR) is 114 cm³/mol. The Morgan fingerprint density at radius 3 is 2.28 bits per heavy atom. The summed E-state index contributed by atoms with van der Waals surface area (Å²) in [5.41, 5.74) is 0. The average Bonchev–Trinajstić information content (AvgIpc) is 3.04. The van der Waals surface area contributed by atoms with Gasteiger partial charge in [-0.05, 0) is 38.5 Å². The molecular formula is C23H41N3O3. The lowest BCUT2D eigenvalue weighted by atomic mass is 9.97. The van der Waals surface area contributed by atoms with Gasteiger partial charge in [0.15, 0.2) is 0 Å². The molecule has 0 N–H and O–H groups in total. The molecule has 4 rings (SSSR count). The summed E-state index contributed by atoms with van der Waals surface area (Å²) in [7, 11) is 0. The van der Waals surface area contributed by atoms with Gasteiger partial charge < -0.3 is 14.4 Å². The topological polar surface area (TPSA) is 45.2 Å². The van der Waals surface area contributed by atoms with Gasteiger partial charge in [-0.2, -0.15) is 0 Å². The van der Waals surface area contributed by atoms with Crippen LogP contribution in [0.2, 0.25) is 0 Å². The van der Waals surface area contributed by atoms with E-state index in [2.05, 4.69) is 14.7 Å². The Labute approximate surface area is 176 Å². The van der Waals surface area contributed by atoms with Crippen molar-refractivity contribution in [2.75, 3.05) is 59.1 Å². The molecule has 3 aliphatic heterocycles. The molecule has 0 radical (unpaired) electrons. The molecule has 1 saturated carbocycles. The van der Waals surface area contributed by atoms with Crippen LogP contribution in [0.15, 0.2) is 0 Å². The van der Waals surface area contributed by atoms with E-state index in [1.807, 2.05) is 0 Å². The maximum atomic E-state index is 13.2. The molecule has 6 nitrogen and oxygen atoms in total. The normalized spacial score (nSPS) is 29.9. The van der Waals surface area contributed by atoms with Crippen molar-refractivity contribution < 1.29 is 14.3 Å². The highest BCUT2D eigenvalue weighted by molar-refractivity contribution is 5.83. The second-order valence-electron chi connectivity index (χ2n) is 9.40. The second-order valence-corrected chi connectivity index (χ2v) is 9.40. The lowest BCUT2D eigenvalue weighted by Crippen LogP contribution is -2.59. The third-order valence-corrected chi connectivity index (χ3v) is 7.49. The highest BCUT2D eigenvalue weighted by atomic mass is 16.5. The lowest BCUT2D eigenvalue weighted by molar-refractivity contribution is -0.145. The molecule has 0 aromatic rings. The van der Waals surface area contributed by atoms with Gasteiger partial charge in [0.1, 0.15) is 0 Å². The molecule has 29 heavy (non-hydrogen) atoms. The Hall–Kier alpha value is -0.690. The van der Waals surface area contributed by atoms with Crippen LogP contribution >= 0.6 is 0 Å².